The number of carbonyl (C=O) groups excluding carboxylic acids is 2. The van der Waals surface area contributed by atoms with Gasteiger partial charge in [-0.25, -0.2) is 13.8 Å². The Morgan fingerprint density at radius 1 is 1.21 bits per heavy atom. The van der Waals surface area contributed by atoms with Gasteiger partial charge in [0.2, 0.25) is 5.91 Å². The van der Waals surface area contributed by atoms with Crippen LogP contribution in [0.4, 0.5) is 8.78 Å². The Kier molecular flexibility index (Phi) is 6.50. The molecule has 29 heavy (non-hydrogen) atoms. The minimum absolute atomic E-state index is 0.140. The number of likely N-dealkylation sites (tertiary alicyclic amines) is 1. The van der Waals surface area contributed by atoms with E-state index in [0.29, 0.717) is 46.9 Å². The average Bonchev–Trinajstić information content (AvgIpc) is 2.65. The number of alkyl halides is 2. The molecule has 1 aliphatic rings. The summed E-state index contributed by atoms with van der Waals surface area (Å²) in [5.74, 6) is -3.66. The van der Waals surface area contributed by atoms with Gasteiger partial charge in [0.25, 0.3) is 11.8 Å². The van der Waals surface area contributed by atoms with Gasteiger partial charge in [-0.1, -0.05) is 23.2 Å². The first-order valence-corrected chi connectivity index (χ1v) is 9.74. The zero-order chi connectivity index (χ0) is 21.2. The number of aromatic nitrogens is 2. The maximum Gasteiger partial charge on any atom is 0.282 e. The van der Waals surface area contributed by atoms with Crippen molar-refractivity contribution >= 4 is 46.0 Å². The molecule has 2 amide bonds. The molecule has 3 N–H and O–H groups in total. The second kappa shape index (κ2) is 8.73. The minimum Gasteiger partial charge on any atom is -0.351 e. The normalized spacial score (nSPS) is 16.4. The molecule has 1 aliphatic heterocycles. The number of rotatable bonds is 7. The van der Waals surface area contributed by atoms with Crippen LogP contribution in [0.25, 0.3) is 11.0 Å². The smallest absolute Gasteiger partial charge is 0.282 e. The summed E-state index contributed by atoms with van der Waals surface area (Å²) < 4.78 is 25.6. The number of unbranched alkanes of at least 4 members (excludes halogenated alkanes) is 1. The molecule has 0 saturated carbocycles. The number of nitrogens with two attached hydrogens (primary N) is 1. The molecule has 0 bridgehead atoms. The second-order valence-electron chi connectivity index (χ2n) is 6.92. The Bertz CT molecular complexity index is 936. The van der Waals surface area contributed by atoms with Gasteiger partial charge in [-0.15, -0.1) is 0 Å². The van der Waals surface area contributed by atoms with E-state index in [1.54, 1.807) is 6.07 Å². The number of benzene rings is 1. The van der Waals surface area contributed by atoms with Gasteiger partial charge in [0.15, 0.2) is 0 Å². The highest BCUT2D eigenvalue weighted by Crippen LogP contribution is 2.27. The standard InChI is InChI=1S/C18H19Cl2F2N5O2/c19-10-5-13-14(6-11(10)20)26-15(7-25-13)16(28)24-4-2-1-3-12(23)17(29)27-8-18(21,22)9-27/h5-7,12H,1-4,8-9,23H2,(H,24,28)/t12-/m0/s1. The minimum atomic E-state index is -2.80. The van der Waals surface area contributed by atoms with Crippen LogP contribution in [-0.2, 0) is 4.79 Å². The van der Waals surface area contributed by atoms with Crippen LogP contribution in [0.15, 0.2) is 18.3 Å². The molecule has 11 heteroatoms. The van der Waals surface area contributed by atoms with Crippen molar-refractivity contribution in [1.82, 2.24) is 20.2 Å². The zero-order valence-corrected chi connectivity index (χ0v) is 16.8. The SMILES string of the molecule is N[C@@H](CCCCNC(=O)c1cnc2cc(Cl)c(Cl)cc2n1)C(=O)N1CC(F)(F)C1. The quantitative estimate of drug-likeness (QED) is 0.637. The molecule has 0 aliphatic carbocycles. The van der Waals surface area contributed by atoms with Crippen LogP contribution in [0.3, 0.4) is 0 Å². The number of nitrogens with one attached hydrogen (secondary N) is 1. The van der Waals surface area contributed by atoms with Gasteiger partial charge in [-0.3, -0.25) is 14.6 Å². The number of hydrogen-bond acceptors (Lipinski definition) is 5. The molecule has 0 spiro atoms. The molecule has 7 nitrogen and oxygen atoms in total. The van der Waals surface area contributed by atoms with Crippen LogP contribution in [0, 0.1) is 0 Å². The van der Waals surface area contributed by atoms with Crippen LogP contribution < -0.4 is 11.1 Å². The highest BCUT2D eigenvalue weighted by Gasteiger charge is 2.47. The van der Waals surface area contributed by atoms with Crippen LogP contribution in [-0.4, -0.2) is 58.3 Å². The highest BCUT2D eigenvalue weighted by molar-refractivity contribution is 6.42. The summed E-state index contributed by atoms with van der Waals surface area (Å²) in [6, 6.07) is 2.29. The summed E-state index contributed by atoms with van der Waals surface area (Å²) in [6.45, 7) is -0.789. The van der Waals surface area contributed by atoms with Gasteiger partial charge >= 0.3 is 0 Å². The summed E-state index contributed by atoms with van der Waals surface area (Å²) in [5, 5.41) is 3.38. The van der Waals surface area contributed by atoms with E-state index < -0.39 is 36.9 Å². The second-order valence-corrected chi connectivity index (χ2v) is 7.73. The van der Waals surface area contributed by atoms with Gasteiger partial charge in [0.1, 0.15) is 5.69 Å². The summed E-state index contributed by atoms with van der Waals surface area (Å²) in [7, 11) is 0. The Labute approximate surface area is 175 Å². The predicted molar refractivity (Wildman–Crippen MR) is 105 cm³/mol. The van der Waals surface area contributed by atoms with E-state index in [-0.39, 0.29) is 5.69 Å². The largest absolute Gasteiger partial charge is 0.351 e. The van der Waals surface area contributed by atoms with Gasteiger partial charge < -0.3 is 16.0 Å². The van der Waals surface area contributed by atoms with E-state index in [2.05, 4.69) is 15.3 Å². The monoisotopic (exact) mass is 445 g/mol. The molecule has 1 aromatic carbocycles. The summed E-state index contributed by atoms with van der Waals surface area (Å²) in [4.78, 5) is 33.5. The van der Waals surface area contributed by atoms with Crippen LogP contribution in [0.1, 0.15) is 29.8 Å². The third-order valence-corrected chi connectivity index (χ3v) is 5.24. The van der Waals surface area contributed by atoms with E-state index in [1.807, 2.05) is 0 Å². The van der Waals surface area contributed by atoms with Gasteiger partial charge in [0.05, 0.1) is 46.4 Å². The molecule has 156 valence electrons. The van der Waals surface area contributed by atoms with Crippen LogP contribution in [0.5, 0.6) is 0 Å². The number of fused-ring (bicyclic) bond motifs is 1. The number of halogens is 4. The van der Waals surface area contributed by atoms with Crippen molar-refractivity contribution in [3.63, 3.8) is 0 Å². The van der Waals surface area contributed by atoms with Crippen molar-refractivity contribution in [1.29, 1.82) is 0 Å². The summed E-state index contributed by atoms with van der Waals surface area (Å²) in [6.07, 6.45) is 2.84. The lowest BCUT2D eigenvalue weighted by atomic mass is 10.1. The molecule has 0 unspecified atom stereocenters. The molecule has 1 fully saturated rings. The van der Waals surface area contributed by atoms with Crippen molar-refractivity contribution in [2.24, 2.45) is 5.73 Å². The summed E-state index contributed by atoms with van der Waals surface area (Å²) >= 11 is 11.9. The highest BCUT2D eigenvalue weighted by atomic mass is 35.5. The molecule has 1 aromatic heterocycles. The Hall–Kier alpha value is -2.10. The first-order chi connectivity index (χ1) is 13.7. The third-order valence-electron chi connectivity index (χ3n) is 4.52. The molecule has 1 saturated heterocycles. The fourth-order valence-corrected chi connectivity index (χ4v) is 3.24. The molecule has 3 rings (SSSR count). The summed E-state index contributed by atoms with van der Waals surface area (Å²) in [5.41, 5.74) is 6.88. The van der Waals surface area contributed by atoms with E-state index in [1.165, 1.54) is 12.3 Å². The van der Waals surface area contributed by atoms with Crippen molar-refractivity contribution < 1.29 is 18.4 Å². The first kappa shape index (κ1) is 21.6. The van der Waals surface area contributed by atoms with Crippen LogP contribution in [0.2, 0.25) is 10.0 Å². The Morgan fingerprint density at radius 3 is 2.52 bits per heavy atom. The zero-order valence-electron chi connectivity index (χ0n) is 15.3. The van der Waals surface area contributed by atoms with Gasteiger partial charge in [-0.05, 0) is 31.4 Å². The van der Waals surface area contributed by atoms with Crippen molar-refractivity contribution in [3.05, 3.63) is 34.1 Å². The first-order valence-electron chi connectivity index (χ1n) is 8.98. The molecular formula is C18H19Cl2F2N5O2. The van der Waals surface area contributed by atoms with E-state index in [4.69, 9.17) is 28.9 Å². The lowest BCUT2D eigenvalue weighted by Gasteiger charge is -2.39. The number of amides is 2. The Morgan fingerprint density at radius 2 is 1.86 bits per heavy atom. The third kappa shape index (κ3) is 5.29. The van der Waals surface area contributed by atoms with E-state index >= 15 is 0 Å². The van der Waals surface area contributed by atoms with Crippen molar-refractivity contribution in [2.75, 3.05) is 19.6 Å². The molecule has 2 heterocycles. The van der Waals surface area contributed by atoms with Crippen molar-refractivity contribution in [2.45, 2.75) is 31.2 Å². The average molecular weight is 446 g/mol. The molecule has 2 aromatic rings. The number of carbonyl (C=O) groups is 2. The molecule has 1 atom stereocenters. The van der Waals surface area contributed by atoms with E-state index in [0.717, 1.165) is 4.90 Å². The molecular weight excluding hydrogens is 427 g/mol. The topological polar surface area (TPSA) is 101 Å². The van der Waals surface area contributed by atoms with Gasteiger partial charge in [-0.2, -0.15) is 0 Å². The maximum absolute atomic E-state index is 12.8. The predicted octanol–water partition coefficient (Wildman–Crippen LogP) is 2.64. The van der Waals surface area contributed by atoms with Crippen molar-refractivity contribution in [3.8, 4) is 0 Å². The lowest BCUT2D eigenvalue weighted by Crippen LogP contribution is -2.61. The fourth-order valence-electron chi connectivity index (χ4n) is 2.93. The Balaban J connectivity index is 1.41. The number of hydrogen-bond donors (Lipinski definition) is 2. The fraction of sp³-hybridized carbons (Fsp3) is 0.444. The van der Waals surface area contributed by atoms with Gasteiger partial charge in [0, 0.05) is 6.54 Å². The maximum atomic E-state index is 12.8. The lowest BCUT2D eigenvalue weighted by molar-refractivity contribution is -0.167. The molecule has 0 radical (unpaired) electrons. The van der Waals surface area contributed by atoms with E-state index in [9.17, 15) is 18.4 Å². The van der Waals surface area contributed by atoms with Crippen LogP contribution >= 0.6 is 23.2 Å². The number of nitrogens with zero attached hydrogens (tertiary/aromatic N) is 3.